The highest BCUT2D eigenvalue weighted by Gasteiger charge is 2.76. The number of halogens is 1. The van der Waals surface area contributed by atoms with Gasteiger partial charge in [0.25, 0.3) is 5.91 Å². The molecule has 1 spiro atoms. The Morgan fingerprint density at radius 2 is 1.95 bits per heavy atom. The van der Waals surface area contributed by atoms with E-state index in [1.54, 1.807) is 15.9 Å². The van der Waals surface area contributed by atoms with Crippen molar-refractivity contribution in [2.45, 2.75) is 46.5 Å². The summed E-state index contributed by atoms with van der Waals surface area (Å²) < 4.78 is -0.802. The number of amides is 2. The van der Waals surface area contributed by atoms with E-state index in [4.69, 9.17) is 0 Å². The van der Waals surface area contributed by atoms with Crippen LogP contribution in [0.1, 0.15) is 25.7 Å². The van der Waals surface area contributed by atoms with Gasteiger partial charge in [-0.15, -0.1) is 18.3 Å². The lowest BCUT2D eigenvalue weighted by molar-refractivity contribution is -0.148. The number of aliphatic carboxylic acids is 1. The van der Waals surface area contributed by atoms with Gasteiger partial charge < -0.3 is 20.0 Å². The number of carboxylic acid groups (broad SMARTS) is 1. The number of carboxylic acids is 1. The van der Waals surface area contributed by atoms with Gasteiger partial charge in [0.1, 0.15) is 6.04 Å². The maximum atomic E-state index is 14.5. The molecule has 0 aliphatic carbocycles. The van der Waals surface area contributed by atoms with Crippen molar-refractivity contribution in [2.75, 3.05) is 24.6 Å². The standard InChI is InChI=1S/C28H31BrN2O5S/c1-2-12-30(19-11-10-17-8-4-5-9-18(17)15-19)26(34)24-28-16-20(29)23(37-28)21(27(35)36)22(28)25(33)31(24)13-6-3-7-14-32/h2,4-5,8-11,15,20-24,32H,1,3,6-7,12-14,16H2,(H,35,36)/t20?,21-,22+,23-,24?,28?/m1/s1. The van der Waals surface area contributed by atoms with Crippen LogP contribution < -0.4 is 4.90 Å². The van der Waals surface area contributed by atoms with Gasteiger partial charge in [0, 0.05) is 35.5 Å². The molecule has 3 fully saturated rings. The van der Waals surface area contributed by atoms with E-state index in [1.807, 2.05) is 42.5 Å². The van der Waals surface area contributed by atoms with Crippen LogP contribution in [0.15, 0.2) is 55.1 Å². The second-order valence-electron chi connectivity index (χ2n) is 10.1. The fraction of sp³-hybridized carbons (Fsp3) is 0.464. The SMILES string of the molecule is C=CCN(C(=O)C1N(CCCCCO)C(=O)[C@@H]2[C@@H](C(=O)O)[C@@H]3SC12CC3Br)c1ccc2ccccc2c1. The molecule has 0 aromatic heterocycles. The number of rotatable bonds is 10. The van der Waals surface area contributed by atoms with Crippen LogP contribution in [0.3, 0.4) is 0 Å². The first-order chi connectivity index (χ1) is 17.8. The molecule has 0 saturated carbocycles. The van der Waals surface area contributed by atoms with Crippen molar-refractivity contribution in [3.05, 3.63) is 55.1 Å². The number of unbranched alkanes of at least 4 members (excludes halogenated alkanes) is 2. The fourth-order valence-electron chi connectivity index (χ4n) is 6.45. The molecule has 6 atom stereocenters. The number of likely N-dealkylation sites (tertiary alicyclic amines) is 1. The molecular weight excluding hydrogens is 556 g/mol. The molecule has 2 aromatic rings. The maximum Gasteiger partial charge on any atom is 0.308 e. The number of aliphatic hydroxyl groups is 1. The largest absolute Gasteiger partial charge is 0.481 e. The van der Waals surface area contributed by atoms with Crippen LogP contribution in [0, 0.1) is 11.8 Å². The van der Waals surface area contributed by atoms with Gasteiger partial charge in [-0.3, -0.25) is 14.4 Å². The number of carbonyl (C=O) groups excluding carboxylic acids is 2. The summed E-state index contributed by atoms with van der Waals surface area (Å²) in [5.74, 6) is -2.98. The normalized spacial score (nSPS) is 30.1. The average molecular weight is 588 g/mol. The van der Waals surface area contributed by atoms with Gasteiger partial charge in [0.05, 0.1) is 16.6 Å². The molecular formula is C28H31BrN2O5S. The highest BCUT2D eigenvalue weighted by molar-refractivity contribution is 9.09. The van der Waals surface area contributed by atoms with Crippen molar-refractivity contribution in [1.82, 2.24) is 4.90 Å². The Morgan fingerprint density at radius 1 is 1.19 bits per heavy atom. The first-order valence-corrected chi connectivity index (χ1v) is 14.5. The second kappa shape index (κ2) is 10.4. The molecule has 7 nitrogen and oxygen atoms in total. The van der Waals surface area contributed by atoms with E-state index >= 15 is 0 Å². The Hall–Kier alpha value is -2.36. The molecule has 3 aliphatic heterocycles. The van der Waals surface area contributed by atoms with Crippen LogP contribution in [0.2, 0.25) is 0 Å². The lowest BCUT2D eigenvalue weighted by Gasteiger charge is -2.37. The van der Waals surface area contributed by atoms with E-state index in [2.05, 4.69) is 22.5 Å². The average Bonchev–Trinajstić information content (AvgIpc) is 3.48. The first kappa shape index (κ1) is 26.3. The van der Waals surface area contributed by atoms with Crippen LogP contribution in [0.4, 0.5) is 5.69 Å². The number of thioether (sulfide) groups is 1. The zero-order valence-corrected chi connectivity index (χ0v) is 22.9. The van der Waals surface area contributed by atoms with Gasteiger partial charge in [-0.25, -0.2) is 0 Å². The smallest absolute Gasteiger partial charge is 0.308 e. The summed E-state index contributed by atoms with van der Waals surface area (Å²) in [7, 11) is 0. The number of alkyl halides is 1. The lowest BCUT2D eigenvalue weighted by Crippen LogP contribution is -2.55. The highest BCUT2D eigenvalue weighted by Crippen LogP contribution is 2.67. The number of nitrogens with zero attached hydrogens (tertiary/aromatic N) is 2. The van der Waals surface area contributed by atoms with E-state index < -0.39 is 28.6 Å². The summed E-state index contributed by atoms with van der Waals surface area (Å²) in [6.07, 6.45) is 4.22. The molecule has 196 valence electrons. The molecule has 2 amide bonds. The van der Waals surface area contributed by atoms with Crippen molar-refractivity contribution in [1.29, 1.82) is 0 Å². The van der Waals surface area contributed by atoms with Crippen molar-refractivity contribution >= 4 is 61.9 Å². The first-order valence-electron chi connectivity index (χ1n) is 12.7. The van der Waals surface area contributed by atoms with Crippen molar-refractivity contribution in [3.8, 4) is 0 Å². The minimum atomic E-state index is -0.979. The highest BCUT2D eigenvalue weighted by atomic mass is 79.9. The Bertz CT molecular complexity index is 1240. The topological polar surface area (TPSA) is 98.2 Å². The molecule has 3 saturated heterocycles. The predicted octanol–water partition coefficient (Wildman–Crippen LogP) is 4.07. The molecule has 37 heavy (non-hydrogen) atoms. The van der Waals surface area contributed by atoms with Gasteiger partial charge in [-0.05, 0) is 48.6 Å². The number of hydrogen-bond acceptors (Lipinski definition) is 5. The molecule has 0 radical (unpaired) electrons. The van der Waals surface area contributed by atoms with Crippen LogP contribution >= 0.6 is 27.7 Å². The fourth-order valence-corrected chi connectivity index (χ4v) is 10.0. The second-order valence-corrected chi connectivity index (χ2v) is 12.8. The van der Waals surface area contributed by atoms with Gasteiger partial charge >= 0.3 is 5.97 Å². The number of fused-ring (bicyclic) bond motifs is 2. The van der Waals surface area contributed by atoms with Crippen molar-refractivity contribution < 1.29 is 24.6 Å². The molecule has 9 heteroatoms. The number of aliphatic hydroxyl groups excluding tert-OH is 1. The summed E-state index contributed by atoms with van der Waals surface area (Å²) in [6, 6.07) is 13.0. The van der Waals surface area contributed by atoms with E-state index in [0.29, 0.717) is 25.8 Å². The number of anilines is 1. The molecule has 3 heterocycles. The quantitative estimate of drug-likeness (QED) is 0.247. The number of benzene rings is 2. The Balaban J connectivity index is 1.56. The molecule has 3 unspecified atom stereocenters. The summed E-state index contributed by atoms with van der Waals surface area (Å²) in [6.45, 7) is 4.58. The molecule has 2 aromatic carbocycles. The number of carbonyl (C=O) groups is 3. The predicted molar refractivity (Wildman–Crippen MR) is 149 cm³/mol. The lowest BCUT2D eigenvalue weighted by atomic mass is 9.71. The van der Waals surface area contributed by atoms with Gasteiger partial charge in [0.15, 0.2) is 0 Å². The van der Waals surface area contributed by atoms with E-state index in [9.17, 15) is 24.6 Å². The molecule has 3 aliphatic rings. The Kier molecular flexibility index (Phi) is 7.40. The van der Waals surface area contributed by atoms with Gasteiger partial charge in [-0.2, -0.15) is 0 Å². The third kappa shape index (κ3) is 4.29. The third-order valence-corrected chi connectivity index (χ3v) is 11.2. The monoisotopic (exact) mass is 586 g/mol. The Morgan fingerprint density at radius 3 is 2.65 bits per heavy atom. The summed E-state index contributed by atoms with van der Waals surface area (Å²) >= 11 is 5.19. The zero-order valence-electron chi connectivity index (χ0n) is 20.5. The molecule has 2 N–H and O–H groups in total. The van der Waals surface area contributed by atoms with Crippen molar-refractivity contribution in [3.63, 3.8) is 0 Å². The summed E-state index contributed by atoms with van der Waals surface area (Å²) in [5, 5.41) is 21.1. The van der Waals surface area contributed by atoms with Crippen LogP contribution in [-0.4, -0.2) is 73.5 Å². The van der Waals surface area contributed by atoms with Crippen LogP contribution in [0.5, 0.6) is 0 Å². The maximum absolute atomic E-state index is 14.5. The minimum Gasteiger partial charge on any atom is -0.481 e. The van der Waals surface area contributed by atoms with Crippen LogP contribution in [0.25, 0.3) is 10.8 Å². The molecule has 5 rings (SSSR count). The van der Waals surface area contributed by atoms with E-state index in [1.165, 1.54) is 11.8 Å². The minimum absolute atomic E-state index is 0.0713. The van der Waals surface area contributed by atoms with Crippen molar-refractivity contribution in [2.24, 2.45) is 11.8 Å². The van der Waals surface area contributed by atoms with Gasteiger partial charge in [0.2, 0.25) is 5.91 Å². The van der Waals surface area contributed by atoms with Gasteiger partial charge in [-0.1, -0.05) is 52.3 Å². The van der Waals surface area contributed by atoms with E-state index in [0.717, 1.165) is 22.9 Å². The number of hydrogen-bond donors (Lipinski definition) is 2. The summed E-state index contributed by atoms with van der Waals surface area (Å²) in [5.41, 5.74) is 0.721. The van der Waals surface area contributed by atoms with E-state index in [-0.39, 0.29) is 35.0 Å². The summed E-state index contributed by atoms with van der Waals surface area (Å²) in [4.78, 5) is 43.9. The third-order valence-electron chi connectivity index (χ3n) is 7.99. The Labute approximate surface area is 229 Å². The van der Waals surface area contributed by atoms with Crippen LogP contribution in [-0.2, 0) is 14.4 Å². The zero-order chi connectivity index (χ0) is 26.3. The molecule has 2 bridgehead atoms.